The lowest BCUT2D eigenvalue weighted by molar-refractivity contribution is 0.0244. The molecule has 0 fully saturated rings. The Bertz CT molecular complexity index is 407. The second kappa shape index (κ2) is 5.89. The Morgan fingerprint density at radius 3 is 2.39 bits per heavy atom. The Hall–Kier alpha value is -1.51. The summed E-state index contributed by atoms with van der Waals surface area (Å²) >= 11 is 0. The van der Waals surface area contributed by atoms with Crippen LogP contribution < -0.4 is 0 Å². The molecule has 0 atom stereocenters. The summed E-state index contributed by atoms with van der Waals surface area (Å²) < 4.78 is 5.39. The van der Waals surface area contributed by atoms with Crippen LogP contribution in [0.25, 0.3) is 0 Å². The van der Waals surface area contributed by atoms with Crippen molar-refractivity contribution < 1.29 is 9.53 Å². The number of benzene rings is 1. The molecule has 0 aromatic heterocycles. The number of nitrogens with zero attached hydrogens (tertiary/aromatic N) is 1. The topological polar surface area (TPSA) is 29.5 Å². The van der Waals surface area contributed by atoms with Crippen LogP contribution in [0.5, 0.6) is 0 Å². The van der Waals surface area contributed by atoms with E-state index < -0.39 is 5.60 Å². The first-order chi connectivity index (χ1) is 8.33. The minimum absolute atomic E-state index is 0.256. The molecule has 1 aromatic carbocycles. The lowest BCUT2D eigenvalue weighted by atomic mass is 10.1. The Labute approximate surface area is 110 Å². The van der Waals surface area contributed by atoms with Crippen molar-refractivity contribution in [3.05, 3.63) is 35.4 Å². The normalized spacial score (nSPS) is 11.2. The molecule has 0 heterocycles. The van der Waals surface area contributed by atoms with Crippen molar-refractivity contribution in [2.24, 2.45) is 0 Å². The minimum Gasteiger partial charge on any atom is -0.444 e. The standard InChI is InChI=1S/C15H23NO2/c1-6-16(14(17)18-15(3,4)5)11-13-10-8-7-9-12(13)2/h7-10H,6,11H2,1-5H3. The van der Waals surface area contributed by atoms with Gasteiger partial charge < -0.3 is 9.64 Å². The summed E-state index contributed by atoms with van der Waals surface area (Å²) in [7, 11) is 0. The van der Waals surface area contributed by atoms with Crippen LogP contribution in [0.15, 0.2) is 24.3 Å². The van der Waals surface area contributed by atoms with E-state index in [1.807, 2.05) is 45.9 Å². The number of rotatable bonds is 3. The van der Waals surface area contributed by atoms with Crippen molar-refractivity contribution in [3.63, 3.8) is 0 Å². The predicted molar refractivity (Wildman–Crippen MR) is 73.5 cm³/mol. The Balaban J connectivity index is 2.74. The second-order valence-electron chi connectivity index (χ2n) is 5.42. The van der Waals surface area contributed by atoms with Gasteiger partial charge >= 0.3 is 6.09 Å². The number of hydrogen-bond donors (Lipinski definition) is 0. The molecule has 0 bridgehead atoms. The number of amides is 1. The summed E-state index contributed by atoms with van der Waals surface area (Å²) in [6.45, 7) is 10.9. The van der Waals surface area contributed by atoms with Crippen molar-refractivity contribution in [2.75, 3.05) is 6.54 Å². The molecule has 0 saturated heterocycles. The molecule has 0 N–H and O–H groups in total. The highest BCUT2D eigenvalue weighted by Gasteiger charge is 2.21. The van der Waals surface area contributed by atoms with Gasteiger partial charge in [-0.15, -0.1) is 0 Å². The molecule has 0 aliphatic heterocycles. The zero-order chi connectivity index (χ0) is 13.8. The smallest absolute Gasteiger partial charge is 0.410 e. The predicted octanol–water partition coefficient (Wildman–Crippen LogP) is 3.75. The van der Waals surface area contributed by atoms with E-state index >= 15 is 0 Å². The van der Waals surface area contributed by atoms with Gasteiger partial charge in [-0.3, -0.25) is 0 Å². The van der Waals surface area contributed by atoms with E-state index in [0.29, 0.717) is 13.1 Å². The lowest BCUT2D eigenvalue weighted by Crippen LogP contribution is -2.36. The molecule has 0 spiro atoms. The third-order valence-corrected chi connectivity index (χ3v) is 2.66. The monoisotopic (exact) mass is 249 g/mol. The Morgan fingerprint density at radius 2 is 1.89 bits per heavy atom. The van der Waals surface area contributed by atoms with Gasteiger partial charge in [-0.2, -0.15) is 0 Å². The van der Waals surface area contributed by atoms with Gasteiger partial charge in [0.2, 0.25) is 0 Å². The highest BCUT2D eigenvalue weighted by Crippen LogP contribution is 2.14. The first kappa shape index (κ1) is 14.6. The average molecular weight is 249 g/mol. The molecular weight excluding hydrogens is 226 g/mol. The number of hydrogen-bond acceptors (Lipinski definition) is 2. The van der Waals surface area contributed by atoms with E-state index in [1.54, 1.807) is 4.90 Å². The maximum atomic E-state index is 12.0. The van der Waals surface area contributed by atoms with Crippen molar-refractivity contribution >= 4 is 6.09 Å². The van der Waals surface area contributed by atoms with E-state index in [9.17, 15) is 4.79 Å². The van der Waals surface area contributed by atoms with Crippen LogP contribution in [0, 0.1) is 6.92 Å². The number of carbonyl (C=O) groups is 1. The molecule has 0 saturated carbocycles. The SMILES string of the molecule is CCN(Cc1ccccc1C)C(=O)OC(C)(C)C. The third kappa shape index (κ3) is 4.40. The molecule has 18 heavy (non-hydrogen) atoms. The van der Waals surface area contributed by atoms with Crippen LogP contribution in [-0.4, -0.2) is 23.1 Å². The van der Waals surface area contributed by atoms with E-state index in [0.717, 1.165) is 5.56 Å². The van der Waals surface area contributed by atoms with Crippen LogP contribution in [0.2, 0.25) is 0 Å². The molecular formula is C15H23NO2. The molecule has 0 unspecified atom stereocenters. The highest BCUT2D eigenvalue weighted by molar-refractivity contribution is 5.68. The first-order valence-corrected chi connectivity index (χ1v) is 6.36. The van der Waals surface area contributed by atoms with Gasteiger partial charge in [0.15, 0.2) is 0 Å². The highest BCUT2D eigenvalue weighted by atomic mass is 16.6. The van der Waals surface area contributed by atoms with Gasteiger partial charge in [-0.1, -0.05) is 24.3 Å². The fourth-order valence-electron chi connectivity index (χ4n) is 1.63. The molecule has 0 radical (unpaired) electrons. The minimum atomic E-state index is -0.448. The third-order valence-electron chi connectivity index (χ3n) is 2.66. The summed E-state index contributed by atoms with van der Waals surface area (Å²) in [4.78, 5) is 13.7. The molecule has 1 aromatic rings. The summed E-state index contributed by atoms with van der Waals surface area (Å²) in [6, 6.07) is 8.09. The molecule has 3 nitrogen and oxygen atoms in total. The molecule has 100 valence electrons. The maximum Gasteiger partial charge on any atom is 0.410 e. The molecule has 0 aliphatic rings. The molecule has 0 aliphatic carbocycles. The average Bonchev–Trinajstić information content (AvgIpc) is 2.25. The zero-order valence-corrected chi connectivity index (χ0v) is 12.0. The Morgan fingerprint density at radius 1 is 1.28 bits per heavy atom. The summed E-state index contributed by atoms with van der Waals surface area (Å²) in [5.41, 5.74) is 1.90. The summed E-state index contributed by atoms with van der Waals surface area (Å²) in [5, 5.41) is 0. The van der Waals surface area contributed by atoms with Crippen LogP contribution in [0.3, 0.4) is 0 Å². The van der Waals surface area contributed by atoms with E-state index in [-0.39, 0.29) is 6.09 Å². The molecule has 3 heteroatoms. The maximum absolute atomic E-state index is 12.0. The quantitative estimate of drug-likeness (QED) is 0.816. The second-order valence-corrected chi connectivity index (χ2v) is 5.42. The van der Waals surface area contributed by atoms with Gasteiger partial charge in [-0.25, -0.2) is 4.79 Å². The number of aryl methyl sites for hydroxylation is 1. The van der Waals surface area contributed by atoms with E-state index in [4.69, 9.17) is 4.74 Å². The Kier molecular flexibility index (Phi) is 4.76. The largest absolute Gasteiger partial charge is 0.444 e. The van der Waals surface area contributed by atoms with Crippen LogP contribution in [-0.2, 0) is 11.3 Å². The van der Waals surface area contributed by atoms with Gasteiger partial charge in [-0.05, 0) is 45.7 Å². The van der Waals surface area contributed by atoms with Gasteiger partial charge in [0.1, 0.15) is 5.60 Å². The number of ether oxygens (including phenoxy) is 1. The summed E-state index contributed by atoms with van der Waals surface area (Å²) in [6.07, 6.45) is -0.256. The van der Waals surface area contributed by atoms with Crippen molar-refractivity contribution in [1.29, 1.82) is 0 Å². The lowest BCUT2D eigenvalue weighted by Gasteiger charge is -2.27. The van der Waals surface area contributed by atoms with E-state index in [2.05, 4.69) is 13.0 Å². The molecule has 1 rings (SSSR count). The summed E-state index contributed by atoms with van der Waals surface area (Å²) in [5.74, 6) is 0. The van der Waals surface area contributed by atoms with Crippen molar-refractivity contribution in [3.8, 4) is 0 Å². The van der Waals surface area contributed by atoms with Crippen molar-refractivity contribution in [1.82, 2.24) is 4.90 Å². The van der Waals surface area contributed by atoms with Gasteiger partial charge in [0.25, 0.3) is 0 Å². The fraction of sp³-hybridized carbons (Fsp3) is 0.533. The number of carbonyl (C=O) groups excluding carboxylic acids is 1. The van der Waals surface area contributed by atoms with E-state index in [1.165, 1.54) is 5.56 Å². The zero-order valence-electron chi connectivity index (χ0n) is 12.0. The van der Waals surface area contributed by atoms with Gasteiger partial charge in [0, 0.05) is 13.1 Å². The van der Waals surface area contributed by atoms with Crippen LogP contribution in [0.4, 0.5) is 4.79 Å². The molecule has 1 amide bonds. The first-order valence-electron chi connectivity index (χ1n) is 6.36. The van der Waals surface area contributed by atoms with Crippen LogP contribution >= 0.6 is 0 Å². The van der Waals surface area contributed by atoms with Gasteiger partial charge in [0.05, 0.1) is 0 Å². The van der Waals surface area contributed by atoms with Crippen LogP contribution in [0.1, 0.15) is 38.8 Å². The fourth-order valence-corrected chi connectivity index (χ4v) is 1.63. The van der Waals surface area contributed by atoms with Crippen molar-refractivity contribution in [2.45, 2.75) is 46.8 Å².